The van der Waals surface area contributed by atoms with Crippen molar-refractivity contribution in [1.29, 1.82) is 0 Å². The maximum Gasteiger partial charge on any atom is 0.335 e. The lowest BCUT2D eigenvalue weighted by Gasteiger charge is -2.30. The maximum atomic E-state index is 11.0. The molecule has 7 heteroatoms. The summed E-state index contributed by atoms with van der Waals surface area (Å²) in [4.78, 5) is 20.5. The molecule has 0 fully saturated rings. The van der Waals surface area contributed by atoms with Gasteiger partial charge in [0.2, 0.25) is 0 Å². The molecule has 136 valence electrons. The van der Waals surface area contributed by atoms with Crippen LogP contribution >= 0.6 is 22.9 Å². The Labute approximate surface area is 165 Å². The highest BCUT2D eigenvalue weighted by Crippen LogP contribution is 2.38. The number of aromatic carboxylic acids is 1. The average molecular weight is 398 g/mol. The quantitative estimate of drug-likeness (QED) is 0.631. The molecule has 1 aromatic heterocycles. The van der Waals surface area contributed by atoms with Gasteiger partial charge < -0.3 is 10.4 Å². The van der Waals surface area contributed by atoms with Crippen LogP contribution in [0.4, 0.5) is 5.69 Å². The van der Waals surface area contributed by atoms with E-state index in [1.165, 1.54) is 11.3 Å². The molecule has 4 rings (SSSR count). The molecule has 0 bridgehead atoms. The first-order chi connectivity index (χ1) is 12.8. The van der Waals surface area contributed by atoms with Crippen molar-refractivity contribution in [3.63, 3.8) is 0 Å². The topological polar surface area (TPSA) is 74.6 Å². The van der Waals surface area contributed by atoms with Gasteiger partial charge in [0.25, 0.3) is 0 Å². The zero-order chi connectivity index (χ0) is 19.2. The molecular formula is C20H16ClN3O2S. The Morgan fingerprint density at radius 3 is 2.63 bits per heavy atom. The number of carboxylic acid groups (broad SMARTS) is 1. The number of hydrogen-bond donors (Lipinski definition) is 2. The Kier molecular flexibility index (Phi) is 4.25. The molecule has 2 N–H and O–H groups in total. The SMILES string of the molecule is CC1(C)N=C(c2nc(-c3ccc(C(=O)O)cc3)cs2)Nc2ccc(Cl)cc21. The van der Waals surface area contributed by atoms with E-state index < -0.39 is 11.5 Å². The van der Waals surface area contributed by atoms with E-state index in [0.717, 1.165) is 27.5 Å². The fraction of sp³-hybridized carbons (Fsp3) is 0.150. The number of carboxylic acids is 1. The molecule has 0 saturated carbocycles. The van der Waals surface area contributed by atoms with Crippen LogP contribution in [0, 0.1) is 0 Å². The number of hydrogen-bond acceptors (Lipinski definition) is 5. The number of halogens is 1. The summed E-state index contributed by atoms with van der Waals surface area (Å²) in [5, 5.41) is 15.8. The molecule has 0 amide bonds. The Balaban J connectivity index is 1.67. The lowest BCUT2D eigenvalue weighted by atomic mass is 9.92. The molecule has 2 aromatic carbocycles. The van der Waals surface area contributed by atoms with Crippen LogP contribution in [0.2, 0.25) is 5.02 Å². The number of thiazole rings is 1. The summed E-state index contributed by atoms with van der Waals surface area (Å²) in [7, 11) is 0. The minimum atomic E-state index is -0.942. The first-order valence-corrected chi connectivity index (χ1v) is 9.56. The van der Waals surface area contributed by atoms with Crippen molar-refractivity contribution in [3.05, 3.63) is 69.0 Å². The summed E-state index contributed by atoms with van der Waals surface area (Å²) >= 11 is 7.63. The van der Waals surface area contributed by atoms with Crippen LogP contribution in [-0.4, -0.2) is 21.9 Å². The number of anilines is 1. The minimum Gasteiger partial charge on any atom is -0.478 e. The van der Waals surface area contributed by atoms with Gasteiger partial charge in [-0.2, -0.15) is 0 Å². The van der Waals surface area contributed by atoms with Gasteiger partial charge in [0.15, 0.2) is 10.8 Å². The van der Waals surface area contributed by atoms with Crippen LogP contribution in [0.1, 0.15) is 34.8 Å². The standard InChI is InChI=1S/C20H16ClN3O2S/c1-20(2)14-9-13(21)7-8-15(14)22-17(24-20)18-23-16(10-27-18)11-3-5-12(6-4-11)19(25)26/h3-10H,1-2H3,(H,22,24)(H,25,26). The summed E-state index contributed by atoms with van der Waals surface area (Å²) in [6.45, 7) is 4.09. The summed E-state index contributed by atoms with van der Waals surface area (Å²) < 4.78 is 0. The fourth-order valence-electron chi connectivity index (χ4n) is 3.03. The largest absolute Gasteiger partial charge is 0.478 e. The van der Waals surface area contributed by atoms with E-state index >= 15 is 0 Å². The second-order valence-corrected chi connectivity index (χ2v) is 8.05. The molecule has 1 aliphatic rings. The molecule has 27 heavy (non-hydrogen) atoms. The number of carbonyl (C=O) groups is 1. The highest BCUT2D eigenvalue weighted by molar-refractivity contribution is 7.12. The van der Waals surface area contributed by atoms with Crippen LogP contribution in [-0.2, 0) is 5.54 Å². The number of fused-ring (bicyclic) bond motifs is 1. The van der Waals surface area contributed by atoms with Gasteiger partial charge in [-0.15, -0.1) is 11.3 Å². The van der Waals surface area contributed by atoms with E-state index in [4.69, 9.17) is 21.7 Å². The maximum absolute atomic E-state index is 11.0. The van der Waals surface area contributed by atoms with Gasteiger partial charge in [-0.3, -0.25) is 4.99 Å². The van der Waals surface area contributed by atoms with Crippen molar-refractivity contribution >= 4 is 40.4 Å². The number of aliphatic imine (C=N–C) groups is 1. The highest BCUT2D eigenvalue weighted by Gasteiger charge is 2.30. The average Bonchev–Trinajstić information content (AvgIpc) is 3.12. The fourth-order valence-corrected chi connectivity index (χ4v) is 3.97. The van der Waals surface area contributed by atoms with E-state index in [-0.39, 0.29) is 5.56 Å². The molecule has 1 aliphatic heterocycles. The predicted octanol–water partition coefficient (Wildman–Crippen LogP) is 5.27. The third kappa shape index (κ3) is 3.34. The number of amidine groups is 1. The normalized spacial score (nSPS) is 14.9. The first-order valence-electron chi connectivity index (χ1n) is 8.30. The Hall–Kier alpha value is -2.70. The van der Waals surface area contributed by atoms with Crippen molar-refractivity contribution in [1.82, 2.24) is 4.98 Å². The molecule has 3 aromatic rings. The van der Waals surface area contributed by atoms with Gasteiger partial charge in [-0.25, -0.2) is 9.78 Å². The second-order valence-electron chi connectivity index (χ2n) is 6.75. The van der Waals surface area contributed by atoms with E-state index in [0.29, 0.717) is 10.9 Å². The molecular weight excluding hydrogens is 382 g/mol. The number of nitrogens with one attached hydrogen (secondary N) is 1. The summed E-state index contributed by atoms with van der Waals surface area (Å²) in [6, 6.07) is 12.4. The second kappa shape index (κ2) is 6.48. The van der Waals surface area contributed by atoms with Crippen molar-refractivity contribution in [2.45, 2.75) is 19.4 Å². The third-order valence-electron chi connectivity index (χ3n) is 4.42. The Morgan fingerprint density at radius 1 is 1.19 bits per heavy atom. The third-order valence-corrected chi connectivity index (χ3v) is 5.50. The zero-order valence-corrected chi connectivity index (χ0v) is 16.2. The number of nitrogens with zero attached hydrogens (tertiary/aromatic N) is 2. The van der Waals surface area contributed by atoms with Gasteiger partial charge >= 0.3 is 5.97 Å². The minimum absolute atomic E-state index is 0.254. The molecule has 0 aliphatic carbocycles. The van der Waals surface area contributed by atoms with Crippen molar-refractivity contribution in [2.24, 2.45) is 4.99 Å². The van der Waals surface area contributed by atoms with Gasteiger partial charge in [0, 0.05) is 27.2 Å². The predicted molar refractivity (Wildman–Crippen MR) is 109 cm³/mol. The zero-order valence-electron chi connectivity index (χ0n) is 14.7. The molecule has 0 spiro atoms. The summed E-state index contributed by atoms with van der Waals surface area (Å²) in [5.41, 5.74) is 3.50. The van der Waals surface area contributed by atoms with Crippen LogP contribution in [0.15, 0.2) is 52.8 Å². The molecule has 2 heterocycles. The number of rotatable bonds is 3. The van der Waals surface area contributed by atoms with Crippen LogP contribution < -0.4 is 5.32 Å². The molecule has 0 saturated heterocycles. The van der Waals surface area contributed by atoms with Crippen LogP contribution in [0.3, 0.4) is 0 Å². The molecule has 0 atom stereocenters. The highest BCUT2D eigenvalue weighted by atomic mass is 35.5. The lowest BCUT2D eigenvalue weighted by molar-refractivity contribution is 0.0697. The summed E-state index contributed by atoms with van der Waals surface area (Å²) in [6.07, 6.45) is 0. The monoisotopic (exact) mass is 397 g/mol. The Bertz CT molecular complexity index is 1070. The van der Waals surface area contributed by atoms with E-state index in [1.54, 1.807) is 24.3 Å². The van der Waals surface area contributed by atoms with Crippen molar-refractivity contribution in [3.8, 4) is 11.3 Å². The Morgan fingerprint density at radius 2 is 1.93 bits per heavy atom. The van der Waals surface area contributed by atoms with E-state index in [9.17, 15) is 4.79 Å². The van der Waals surface area contributed by atoms with Gasteiger partial charge in [0.05, 0.1) is 16.8 Å². The molecule has 5 nitrogen and oxygen atoms in total. The van der Waals surface area contributed by atoms with Crippen molar-refractivity contribution < 1.29 is 9.90 Å². The van der Waals surface area contributed by atoms with Crippen LogP contribution in [0.5, 0.6) is 0 Å². The van der Waals surface area contributed by atoms with Crippen LogP contribution in [0.25, 0.3) is 11.3 Å². The summed E-state index contributed by atoms with van der Waals surface area (Å²) in [5.74, 6) is -0.226. The molecule has 0 unspecified atom stereocenters. The van der Waals surface area contributed by atoms with E-state index in [2.05, 4.69) is 10.3 Å². The van der Waals surface area contributed by atoms with Gasteiger partial charge in [0.1, 0.15) is 0 Å². The van der Waals surface area contributed by atoms with Gasteiger partial charge in [-0.05, 0) is 44.2 Å². The van der Waals surface area contributed by atoms with Gasteiger partial charge in [-0.1, -0.05) is 23.7 Å². The number of aromatic nitrogens is 1. The van der Waals surface area contributed by atoms with E-state index in [1.807, 2.05) is 37.4 Å². The first kappa shape index (κ1) is 17.7. The lowest BCUT2D eigenvalue weighted by Crippen LogP contribution is -2.29. The smallest absolute Gasteiger partial charge is 0.335 e. The number of benzene rings is 2. The molecule has 0 radical (unpaired) electrons. The van der Waals surface area contributed by atoms with Crippen molar-refractivity contribution in [2.75, 3.05) is 5.32 Å².